The first kappa shape index (κ1) is 7.22. The molecule has 0 unspecified atom stereocenters. The predicted molar refractivity (Wildman–Crippen MR) is 38.5 cm³/mol. The molecule has 0 fully saturated rings. The summed E-state index contributed by atoms with van der Waals surface area (Å²) < 4.78 is 0. The Bertz CT molecular complexity index is 189. The van der Waals surface area contributed by atoms with Gasteiger partial charge in [0.15, 0.2) is 5.78 Å². The lowest BCUT2D eigenvalue weighted by Gasteiger charge is -1.91. The average Bonchev–Trinajstić information content (AvgIpc) is 2.31. The minimum Gasteiger partial charge on any atom is -0.396 e. The topological polar surface area (TPSA) is 37.3 Å². The van der Waals surface area contributed by atoms with Gasteiger partial charge in [0.2, 0.25) is 0 Å². The van der Waals surface area contributed by atoms with Crippen LogP contribution in [0.15, 0.2) is 23.8 Å². The molecule has 0 saturated heterocycles. The van der Waals surface area contributed by atoms with Crippen molar-refractivity contribution >= 4 is 5.78 Å². The molecule has 0 spiro atoms. The molecule has 1 aliphatic rings. The van der Waals surface area contributed by atoms with E-state index in [2.05, 4.69) is 0 Å². The first-order chi connectivity index (χ1) is 4.84. The molecule has 1 rings (SSSR count). The number of carbonyl (C=O) groups excluding carboxylic acids is 1. The van der Waals surface area contributed by atoms with Crippen molar-refractivity contribution in [2.75, 3.05) is 6.61 Å². The molecule has 0 aliphatic heterocycles. The highest BCUT2D eigenvalue weighted by Gasteiger charge is 2.08. The number of hydrogen-bond donors (Lipinski definition) is 1. The molecule has 2 nitrogen and oxygen atoms in total. The fourth-order valence-corrected chi connectivity index (χ4v) is 0.923. The number of rotatable bonds is 2. The van der Waals surface area contributed by atoms with Crippen molar-refractivity contribution in [3.63, 3.8) is 0 Å². The molecule has 0 aromatic carbocycles. The Morgan fingerprint density at radius 2 is 2.50 bits per heavy atom. The summed E-state index contributed by atoms with van der Waals surface area (Å²) in [6.07, 6.45) is 6.53. The standard InChI is InChI=1S/C8H10O2/c9-6-2-4-7-3-1-5-8(7)10/h1,4-5,9H,2-3,6H2. The van der Waals surface area contributed by atoms with Crippen LogP contribution in [0, 0.1) is 0 Å². The quantitative estimate of drug-likeness (QED) is 0.574. The van der Waals surface area contributed by atoms with Gasteiger partial charge >= 0.3 is 0 Å². The summed E-state index contributed by atoms with van der Waals surface area (Å²) in [7, 11) is 0. The summed E-state index contributed by atoms with van der Waals surface area (Å²) in [6, 6.07) is 0. The second kappa shape index (κ2) is 3.32. The molecule has 0 amide bonds. The van der Waals surface area contributed by atoms with E-state index in [1.165, 1.54) is 0 Å². The first-order valence-corrected chi connectivity index (χ1v) is 3.35. The van der Waals surface area contributed by atoms with Crippen LogP contribution in [0.25, 0.3) is 0 Å². The van der Waals surface area contributed by atoms with Gasteiger partial charge in [0.05, 0.1) is 0 Å². The largest absolute Gasteiger partial charge is 0.396 e. The van der Waals surface area contributed by atoms with Crippen LogP contribution < -0.4 is 0 Å². The van der Waals surface area contributed by atoms with E-state index >= 15 is 0 Å². The summed E-state index contributed by atoms with van der Waals surface area (Å²) in [5.41, 5.74) is 0.814. The minimum absolute atomic E-state index is 0.0912. The maximum Gasteiger partial charge on any atom is 0.181 e. The third-order valence-corrected chi connectivity index (χ3v) is 1.44. The summed E-state index contributed by atoms with van der Waals surface area (Å²) in [4.78, 5) is 10.8. The Morgan fingerprint density at radius 3 is 3.00 bits per heavy atom. The normalized spacial score (nSPS) is 20.9. The van der Waals surface area contributed by atoms with Crippen molar-refractivity contribution in [1.82, 2.24) is 0 Å². The van der Waals surface area contributed by atoms with Crippen molar-refractivity contribution in [3.05, 3.63) is 23.8 Å². The Morgan fingerprint density at radius 1 is 1.70 bits per heavy atom. The highest BCUT2D eigenvalue weighted by molar-refractivity contribution is 6.06. The fraction of sp³-hybridized carbons (Fsp3) is 0.375. The van der Waals surface area contributed by atoms with E-state index in [9.17, 15) is 4.79 Å². The smallest absolute Gasteiger partial charge is 0.181 e. The molecule has 0 aromatic rings. The Hall–Kier alpha value is -0.890. The summed E-state index contributed by atoms with van der Waals surface area (Å²) in [6.45, 7) is 0.122. The fourth-order valence-electron chi connectivity index (χ4n) is 0.923. The second-order valence-electron chi connectivity index (χ2n) is 2.21. The molecule has 1 N–H and O–H groups in total. The molecule has 0 atom stereocenters. The van der Waals surface area contributed by atoms with E-state index < -0.39 is 0 Å². The van der Waals surface area contributed by atoms with Crippen molar-refractivity contribution in [2.24, 2.45) is 0 Å². The van der Waals surface area contributed by atoms with Crippen LogP contribution in [0.5, 0.6) is 0 Å². The van der Waals surface area contributed by atoms with Crippen LogP contribution in [-0.2, 0) is 4.79 Å². The summed E-state index contributed by atoms with van der Waals surface area (Å²) in [5, 5.41) is 8.44. The van der Waals surface area contributed by atoms with Gasteiger partial charge in [-0.05, 0) is 24.5 Å². The molecule has 0 aromatic heterocycles. The van der Waals surface area contributed by atoms with Crippen LogP contribution in [0.1, 0.15) is 12.8 Å². The maximum absolute atomic E-state index is 10.8. The molecule has 54 valence electrons. The van der Waals surface area contributed by atoms with Gasteiger partial charge in [-0.3, -0.25) is 4.79 Å². The van der Waals surface area contributed by atoms with Crippen molar-refractivity contribution in [2.45, 2.75) is 12.8 Å². The lowest BCUT2D eigenvalue weighted by Crippen LogP contribution is -1.91. The van der Waals surface area contributed by atoms with Crippen LogP contribution in [0.2, 0.25) is 0 Å². The van der Waals surface area contributed by atoms with Gasteiger partial charge in [-0.1, -0.05) is 12.2 Å². The molecular weight excluding hydrogens is 128 g/mol. The molecule has 0 saturated carbocycles. The zero-order chi connectivity index (χ0) is 7.40. The number of hydrogen-bond acceptors (Lipinski definition) is 2. The molecule has 0 heterocycles. The number of allylic oxidation sites excluding steroid dienone is 3. The van der Waals surface area contributed by atoms with Gasteiger partial charge in [-0.15, -0.1) is 0 Å². The van der Waals surface area contributed by atoms with Gasteiger partial charge in [0, 0.05) is 6.61 Å². The molecule has 0 bridgehead atoms. The average molecular weight is 138 g/mol. The van der Waals surface area contributed by atoms with E-state index in [1.54, 1.807) is 12.2 Å². The zero-order valence-electron chi connectivity index (χ0n) is 5.71. The highest BCUT2D eigenvalue weighted by atomic mass is 16.2. The van der Waals surface area contributed by atoms with E-state index in [-0.39, 0.29) is 12.4 Å². The molecule has 2 heteroatoms. The van der Waals surface area contributed by atoms with Crippen LogP contribution in [0.4, 0.5) is 0 Å². The number of aliphatic hydroxyl groups is 1. The van der Waals surface area contributed by atoms with Crippen molar-refractivity contribution in [1.29, 1.82) is 0 Å². The van der Waals surface area contributed by atoms with E-state index in [0.29, 0.717) is 6.42 Å². The SMILES string of the molecule is O=C1C=CCC1=CCCO. The van der Waals surface area contributed by atoms with Gasteiger partial charge < -0.3 is 5.11 Å². The Kier molecular flexibility index (Phi) is 2.40. The van der Waals surface area contributed by atoms with Gasteiger partial charge in [-0.25, -0.2) is 0 Å². The van der Waals surface area contributed by atoms with Gasteiger partial charge in [-0.2, -0.15) is 0 Å². The van der Waals surface area contributed by atoms with Crippen molar-refractivity contribution in [3.8, 4) is 0 Å². The minimum atomic E-state index is 0.0912. The van der Waals surface area contributed by atoms with Crippen LogP contribution >= 0.6 is 0 Å². The first-order valence-electron chi connectivity index (χ1n) is 3.35. The summed E-state index contributed by atoms with van der Waals surface area (Å²) in [5.74, 6) is 0.0912. The molecule has 10 heavy (non-hydrogen) atoms. The third-order valence-electron chi connectivity index (χ3n) is 1.44. The number of aliphatic hydroxyl groups excluding tert-OH is 1. The van der Waals surface area contributed by atoms with E-state index in [4.69, 9.17) is 5.11 Å². The summed E-state index contributed by atoms with van der Waals surface area (Å²) >= 11 is 0. The van der Waals surface area contributed by atoms with E-state index in [1.807, 2.05) is 6.08 Å². The van der Waals surface area contributed by atoms with Crippen molar-refractivity contribution < 1.29 is 9.90 Å². The Balaban J connectivity index is 2.50. The molecule has 0 radical (unpaired) electrons. The lowest BCUT2D eigenvalue weighted by molar-refractivity contribution is -0.111. The molecular formula is C8H10O2. The zero-order valence-corrected chi connectivity index (χ0v) is 5.71. The third kappa shape index (κ3) is 1.54. The second-order valence-corrected chi connectivity index (χ2v) is 2.21. The lowest BCUT2D eigenvalue weighted by atomic mass is 10.1. The number of ketones is 1. The van der Waals surface area contributed by atoms with Gasteiger partial charge in [0.25, 0.3) is 0 Å². The van der Waals surface area contributed by atoms with Crippen LogP contribution in [-0.4, -0.2) is 17.5 Å². The van der Waals surface area contributed by atoms with E-state index in [0.717, 1.165) is 12.0 Å². The van der Waals surface area contributed by atoms with Gasteiger partial charge in [0.1, 0.15) is 0 Å². The number of carbonyl (C=O) groups is 1. The monoisotopic (exact) mass is 138 g/mol. The maximum atomic E-state index is 10.8. The Labute approximate surface area is 59.9 Å². The van der Waals surface area contributed by atoms with Crippen LogP contribution in [0.3, 0.4) is 0 Å². The predicted octanol–water partition coefficient (Wildman–Crippen LogP) is 0.824. The highest BCUT2D eigenvalue weighted by Crippen LogP contribution is 2.12. The molecule has 1 aliphatic carbocycles.